The SMILES string of the molecule is COC(=O)Cc1csc(NCC2CCSCC2)n1. The minimum Gasteiger partial charge on any atom is -0.469 e. The number of esters is 1. The first kappa shape index (κ1) is 13.7. The van der Waals surface area contributed by atoms with Gasteiger partial charge in [0.15, 0.2) is 5.13 Å². The Morgan fingerprint density at radius 2 is 2.33 bits per heavy atom. The van der Waals surface area contributed by atoms with Gasteiger partial charge in [-0.25, -0.2) is 4.98 Å². The van der Waals surface area contributed by atoms with Crippen LogP contribution in [0.25, 0.3) is 0 Å². The van der Waals surface area contributed by atoms with Crippen molar-refractivity contribution < 1.29 is 9.53 Å². The normalized spacial score (nSPS) is 16.5. The van der Waals surface area contributed by atoms with Crippen LogP contribution >= 0.6 is 23.1 Å². The fourth-order valence-corrected chi connectivity index (χ4v) is 3.80. The Kier molecular flexibility index (Phi) is 5.31. The number of thiazole rings is 1. The summed E-state index contributed by atoms with van der Waals surface area (Å²) in [6.07, 6.45) is 2.84. The molecule has 100 valence electrons. The highest BCUT2D eigenvalue weighted by Gasteiger charge is 2.14. The third-order valence-electron chi connectivity index (χ3n) is 2.99. The predicted octanol–water partition coefficient (Wildman–Crippen LogP) is 2.41. The molecule has 0 saturated carbocycles. The molecule has 0 radical (unpaired) electrons. The molecule has 1 aliphatic heterocycles. The molecule has 4 nitrogen and oxygen atoms in total. The minimum absolute atomic E-state index is 0.240. The lowest BCUT2D eigenvalue weighted by Gasteiger charge is -2.21. The van der Waals surface area contributed by atoms with Gasteiger partial charge in [-0.05, 0) is 30.3 Å². The number of hydrogen-bond donors (Lipinski definition) is 1. The van der Waals surface area contributed by atoms with Gasteiger partial charge in [0.25, 0.3) is 0 Å². The smallest absolute Gasteiger partial charge is 0.311 e. The van der Waals surface area contributed by atoms with Crippen LogP contribution in [0, 0.1) is 5.92 Å². The van der Waals surface area contributed by atoms with E-state index in [-0.39, 0.29) is 12.4 Å². The molecule has 0 spiro atoms. The molecule has 18 heavy (non-hydrogen) atoms. The van der Waals surface area contributed by atoms with E-state index in [4.69, 9.17) is 0 Å². The summed E-state index contributed by atoms with van der Waals surface area (Å²) >= 11 is 3.60. The van der Waals surface area contributed by atoms with Crippen molar-refractivity contribution in [2.75, 3.05) is 30.5 Å². The average molecular weight is 286 g/mol. The van der Waals surface area contributed by atoms with Crippen LogP contribution in [0.3, 0.4) is 0 Å². The maximum absolute atomic E-state index is 11.1. The van der Waals surface area contributed by atoms with Gasteiger partial charge < -0.3 is 10.1 Å². The highest BCUT2D eigenvalue weighted by Crippen LogP contribution is 2.24. The van der Waals surface area contributed by atoms with Gasteiger partial charge in [-0.1, -0.05) is 0 Å². The van der Waals surface area contributed by atoms with Crippen LogP contribution in [-0.4, -0.2) is 36.1 Å². The van der Waals surface area contributed by atoms with Crippen LogP contribution < -0.4 is 5.32 Å². The second-order valence-electron chi connectivity index (χ2n) is 4.33. The number of thioether (sulfide) groups is 1. The van der Waals surface area contributed by atoms with Gasteiger partial charge in [-0.2, -0.15) is 11.8 Å². The third-order valence-corrected chi connectivity index (χ3v) is 4.89. The summed E-state index contributed by atoms with van der Waals surface area (Å²) in [6.45, 7) is 0.992. The summed E-state index contributed by atoms with van der Waals surface area (Å²) in [7, 11) is 1.40. The molecule has 1 saturated heterocycles. The molecule has 1 aromatic heterocycles. The number of anilines is 1. The van der Waals surface area contributed by atoms with E-state index in [2.05, 4.69) is 15.0 Å². The third kappa shape index (κ3) is 4.17. The fourth-order valence-electron chi connectivity index (χ4n) is 1.87. The zero-order valence-electron chi connectivity index (χ0n) is 10.5. The van der Waals surface area contributed by atoms with E-state index in [0.717, 1.165) is 23.3 Å². The molecule has 1 fully saturated rings. The van der Waals surface area contributed by atoms with Crippen LogP contribution in [0.15, 0.2) is 5.38 Å². The van der Waals surface area contributed by atoms with Crippen molar-refractivity contribution in [1.29, 1.82) is 0 Å². The van der Waals surface area contributed by atoms with Gasteiger partial charge in [-0.15, -0.1) is 11.3 Å². The molecule has 1 aromatic rings. The second-order valence-corrected chi connectivity index (χ2v) is 6.42. The second kappa shape index (κ2) is 6.99. The van der Waals surface area contributed by atoms with Gasteiger partial charge in [-0.3, -0.25) is 4.79 Å². The Labute approximate surface area is 116 Å². The van der Waals surface area contributed by atoms with Crippen LogP contribution in [0.1, 0.15) is 18.5 Å². The number of carbonyl (C=O) groups is 1. The van der Waals surface area contributed by atoms with E-state index in [0.29, 0.717) is 0 Å². The average Bonchev–Trinajstić information content (AvgIpc) is 2.85. The van der Waals surface area contributed by atoms with Crippen LogP contribution in [0.5, 0.6) is 0 Å². The molecule has 0 aliphatic carbocycles. The number of carbonyl (C=O) groups excluding carboxylic acids is 1. The molecule has 2 rings (SSSR count). The Bertz CT molecular complexity index is 389. The van der Waals surface area contributed by atoms with Crippen molar-refractivity contribution in [3.8, 4) is 0 Å². The first-order valence-corrected chi connectivity index (χ1v) is 8.14. The monoisotopic (exact) mass is 286 g/mol. The zero-order chi connectivity index (χ0) is 12.8. The number of rotatable bonds is 5. The molecular formula is C12H18N2O2S2. The zero-order valence-corrected chi connectivity index (χ0v) is 12.1. The Hall–Kier alpha value is -0.750. The number of nitrogens with zero attached hydrogens (tertiary/aromatic N) is 1. The first-order chi connectivity index (χ1) is 8.78. The summed E-state index contributed by atoms with van der Waals surface area (Å²) in [5, 5.41) is 6.19. The molecule has 2 heterocycles. The van der Waals surface area contributed by atoms with Gasteiger partial charge in [0.05, 0.1) is 19.2 Å². The van der Waals surface area contributed by atoms with Crippen molar-refractivity contribution in [2.24, 2.45) is 5.92 Å². The Balaban J connectivity index is 1.77. The highest BCUT2D eigenvalue weighted by atomic mass is 32.2. The standard InChI is InChI=1S/C12H18N2O2S2/c1-16-11(15)6-10-8-18-12(14-10)13-7-9-2-4-17-5-3-9/h8-9H,2-7H2,1H3,(H,13,14). The quantitative estimate of drug-likeness (QED) is 0.842. The first-order valence-electron chi connectivity index (χ1n) is 6.10. The van der Waals surface area contributed by atoms with Crippen molar-refractivity contribution in [2.45, 2.75) is 19.3 Å². The lowest BCUT2D eigenvalue weighted by Crippen LogP contribution is -2.19. The van der Waals surface area contributed by atoms with Crippen molar-refractivity contribution >= 4 is 34.2 Å². The predicted molar refractivity (Wildman–Crippen MR) is 76.4 cm³/mol. The molecule has 0 aromatic carbocycles. The summed E-state index contributed by atoms with van der Waals surface area (Å²) in [5.41, 5.74) is 0.786. The molecule has 0 amide bonds. The number of aromatic nitrogens is 1. The van der Waals surface area contributed by atoms with E-state index in [1.165, 1.54) is 31.5 Å². The lowest BCUT2D eigenvalue weighted by molar-refractivity contribution is -0.139. The van der Waals surface area contributed by atoms with Gasteiger partial charge in [0.2, 0.25) is 0 Å². The molecule has 1 N–H and O–H groups in total. The molecule has 0 bridgehead atoms. The van der Waals surface area contributed by atoms with E-state index >= 15 is 0 Å². The maximum Gasteiger partial charge on any atom is 0.311 e. The van der Waals surface area contributed by atoms with Gasteiger partial charge >= 0.3 is 5.97 Å². The van der Waals surface area contributed by atoms with Crippen molar-refractivity contribution in [3.05, 3.63) is 11.1 Å². The lowest BCUT2D eigenvalue weighted by atomic mass is 10.0. The van der Waals surface area contributed by atoms with Gasteiger partial charge in [0, 0.05) is 11.9 Å². The Morgan fingerprint density at radius 1 is 1.56 bits per heavy atom. The summed E-state index contributed by atoms with van der Waals surface area (Å²) in [5.74, 6) is 3.07. The number of ether oxygens (including phenoxy) is 1. The molecule has 0 atom stereocenters. The topological polar surface area (TPSA) is 51.2 Å². The van der Waals surface area contributed by atoms with Crippen LogP contribution in [0.2, 0.25) is 0 Å². The maximum atomic E-state index is 11.1. The summed E-state index contributed by atoms with van der Waals surface area (Å²) < 4.78 is 4.62. The van der Waals surface area contributed by atoms with Crippen molar-refractivity contribution in [3.63, 3.8) is 0 Å². The molecule has 0 unspecified atom stereocenters. The van der Waals surface area contributed by atoms with Crippen LogP contribution in [-0.2, 0) is 16.0 Å². The van der Waals surface area contributed by atoms with Crippen molar-refractivity contribution in [1.82, 2.24) is 4.98 Å². The van der Waals surface area contributed by atoms with Gasteiger partial charge in [0.1, 0.15) is 0 Å². The van der Waals surface area contributed by atoms with E-state index in [1.807, 2.05) is 17.1 Å². The van der Waals surface area contributed by atoms with E-state index in [9.17, 15) is 4.79 Å². The largest absolute Gasteiger partial charge is 0.469 e. The number of methoxy groups -OCH3 is 1. The van der Waals surface area contributed by atoms with E-state index < -0.39 is 0 Å². The summed E-state index contributed by atoms with van der Waals surface area (Å²) in [6, 6.07) is 0. The van der Waals surface area contributed by atoms with E-state index in [1.54, 1.807) is 11.3 Å². The number of nitrogens with one attached hydrogen (secondary N) is 1. The Morgan fingerprint density at radius 3 is 3.06 bits per heavy atom. The molecule has 6 heteroatoms. The van der Waals surface area contributed by atoms with Crippen LogP contribution in [0.4, 0.5) is 5.13 Å². The molecule has 1 aliphatic rings. The highest BCUT2D eigenvalue weighted by molar-refractivity contribution is 7.99. The number of hydrogen-bond acceptors (Lipinski definition) is 6. The minimum atomic E-state index is -0.240. The fraction of sp³-hybridized carbons (Fsp3) is 0.667. The summed E-state index contributed by atoms with van der Waals surface area (Å²) in [4.78, 5) is 15.5. The molecular weight excluding hydrogens is 268 g/mol.